The van der Waals surface area contributed by atoms with Gasteiger partial charge in [-0.2, -0.15) is 0 Å². The van der Waals surface area contributed by atoms with E-state index in [9.17, 15) is 9.59 Å². The summed E-state index contributed by atoms with van der Waals surface area (Å²) in [6, 6.07) is 4.42. The number of esters is 1. The summed E-state index contributed by atoms with van der Waals surface area (Å²) in [4.78, 5) is 27.3. The maximum atomic E-state index is 12.8. The molecule has 6 nitrogen and oxygen atoms in total. The molecule has 0 aliphatic carbocycles. The summed E-state index contributed by atoms with van der Waals surface area (Å²) >= 11 is 0. The fourth-order valence-electron chi connectivity index (χ4n) is 4.37. The van der Waals surface area contributed by atoms with Crippen molar-refractivity contribution in [3.63, 3.8) is 0 Å². The fourth-order valence-corrected chi connectivity index (χ4v) is 4.37. The maximum absolute atomic E-state index is 12.8. The zero-order valence-electron chi connectivity index (χ0n) is 18.7. The number of ketones is 1. The average Bonchev–Trinajstić information content (AvgIpc) is 2.70. The average molecular weight is 416 g/mol. The van der Waals surface area contributed by atoms with Crippen molar-refractivity contribution in [2.75, 3.05) is 26.9 Å². The van der Waals surface area contributed by atoms with Crippen LogP contribution in [0.25, 0.3) is 0 Å². The van der Waals surface area contributed by atoms with Gasteiger partial charge in [0.15, 0.2) is 5.78 Å². The van der Waals surface area contributed by atoms with E-state index in [0.29, 0.717) is 19.1 Å². The number of fused-ring (bicyclic) bond motifs is 3. The number of hydrogen-bond acceptors (Lipinski definition) is 6. The van der Waals surface area contributed by atoms with Gasteiger partial charge in [0.05, 0.1) is 19.3 Å². The second-order valence-electron chi connectivity index (χ2n) is 8.38. The lowest BCUT2D eigenvalue weighted by Gasteiger charge is -2.47. The van der Waals surface area contributed by atoms with E-state index in [2.05, 4.69) is 30.9 Å². The van der Waals surface area contributed by atoms with Crippen LogP contribution in [0.1, 0.15) is 56.3 Å². The molecule has 30 heavy (non-hydrogen) atoms. The first-order chi connectivity index (χ1) is 14.4. The minimum Gasteiger partial charge on any atom is -0.493 e. The lowest BCUT2D eigenvalue weighted by Crippen LogP contribution is -2.47. The van der Waals surface area contributed by atoms with Crippen molar-refractivity contribution < 1.29 is 23.8 Å². The van der Waals surface area contributed by atoms with Crippen molar-refractivity contribution in [3.8, 4) is 5.75 Å². The van der Waals surface area contributed by atoms with Crippen LogP contribution in [0.15, 0.2) is 23.9 Å². The van der Waals surface area contributed by atoms with Crippen LogP contribution in [0.3, 0.4) is 0 Å². The van der Waals surface area contributed by atoms with Crippen LogP contribution in [0.5, 0.6) is 5.75 Å². The predicted molar refractivity (Wildman–Crippen MR) is 114 cm³/mol. The minimum absolute atomic E-state index is 0.0620. The molecule has 2 aliphatic heterocycles. The highest BCUT2D eigenvalue weighted by atomic mass is 16.5. The van der Waals surface area contributed by atoms with E-state index in [1.54, 1.807) is 20.2 Å². The van der Waals surface area contributed by atoms with Crippen molar-refractivity contribution in [3.05, 3.63) is 40.6 Å². The van der Waals surface area contributed by atoms with Crippen molar-refractivity contribution >= 4 is 11.8 Å². The lowest BCUT2D eigenvalue weighted by molar-refractivity contribution is -0.140. The molecule has 0 fully saturated rings. The third-order valence-electron chi connectivity index (χ3n) is 5.94. The number of rotatable bonds is 8. The minimum atomic E-state index is -0.523. The zero-order chi connectivity index (χ0) is 21.8. The number of benzene rings is 1. The molecule has 0 bridgehead atoms. The molecule has 0 amide bonds. The summed E-state index contributed by atoms with van der Waals surface area (Å²) in [6.45, 7) is 9.69. The van der Waals surface area contributed by atoms with Gasteiger partial charge < -0.3 is 19.1 Å². The smallest absolute Gasteiger partial charge is 0.343 e. The summed E-state index contributed by atoms with van der Waals surface area (Å²) in [5.41, 5.74) is 3.60. The Balaban J connectivity index is 1.94. The molecule has 2 atom stereocenters. The lowest BCUT2D eigenvalue weighted by atomic mass is 9.79. The monoisotopic (exact) mass is 415 g/mol. The van der Waals surface area contributed by atoms with Gasteiger partial charge in [0.2, 0.25) is 0 Å². The molecule has 0 saturated heterocycles. The molecular formula is C24H33NO5. The number of carbonyl (C=O) groups is 2. The van der Waals surface area contributed by atoms with E-state index in [0.717, 1.165) is 29.7 Å². The van der Waals surface area contributed by atoms with E-state index in [1.165, 1.54) is 5.56 Å². The number of Topliss-reactive ketones (excluding diaryl/α,β-unsaturated/α-hetero) is 1. The second kappa shape index (κ2) is 9.65. The third kappa shape index (κ3) is 4.53. The summed E-state index contributed by atoms with van der Waals surface area (Å²) < 4.78 is 16.2. The van der Waals surface area contributed by atoms with Gasteiger partial charge in [-0.15, -0.1) is 0 Å². The molecule has 3 rings (SSSR count). The number of methoxy groups -OCH3 is 1. The van der Waals surface area contributed by atoms with Crippen LogP contribution in [0.4, 0.5) is 0 Å². The fraction of sp³-hybridized carbons (Fsp3) is 0.583. The largest absolute Gasteiger partial charge is 0.493 e. The Labute approximate surface area is 179 Å². The first kappa shape index (κ1) is 22.3. The van der Waals surface area contributed by atoms with E-state index >= 15 is 0 Å². The van der Waals surface area contributed by atoms with Crippen LogP contribution >= 0.6 is 0 Å². The van der Waals surface area contributed by atoms with Crippen molar-refractivity contribution in [1.29, 1.82) is 0 Å². The molecule has 1 aromatic rings. The molecule has 0 spiro atoms. The van der Waals surface area contributed by atoms with Crippen molar-refractivity contribution in [1.82, 2.24) is 4.90 Å². The highest BCUT2D eigenvalue weighted by molar-refractivity contribution is 6.17. The van der Waals surface area contributed by atoms with Gasteiger partial charge in [0, 0.05) is 38.8 Å². The Morgan fingerprint density at radius 1 is 1.23 bits per heavy atom. The van der Waals surface area contributed by atoms with Gasteiger partial charge >= 0.3 is 5.97 Å². The summed E-state index contributed by atoms with van der Waals surface area (Å²) in [7, 11) is 1.69. The summed E-state index contributed by atoms with van der Waals surface area (Å²) in [5.74, 6) is 0.583. The van der Waals surface area contributed by atoms with Crippen LogP contribution in [-0.4, -0.2) is 49.6 Å². The molecule has 0 aromatic heterocycles. The quantitative estimate of drug-likeness (QED) is 0.366. The molecule has 0 saturated carbocycles. The molecule has 2 unspecified atom stereocenters. The Morgan fingerprint density at radius 2 is 2.00 bits per heavy atom. The van der Waals surface area contributed by atoms with Crippen LogP contribution in [0.2, 0.25) is 0 Å². The van der Waals surface area contributed by atoms with E-state index in [4.69, 9.17) is 14.2 Å². The van der Waals surface area contributed by atoms with Gasteiger partial charge in [-0.05, 0) is 48.9 Å². The molecule has 6 heteroatoms. The molecule has 0 radical (unpaired) electrons. The molecule has 2 aliphatic rings. The van der Waals surface area contributed by atoms with Gasteiger partial charge in [-0.3, -0.25) is 4.79 Å². The van der Waals surface area contributed by atoms with E-state index in [1.807, 2.05) is 6.92 Å². The zero-order valence-corrected chi connectivity index (χ0v) is 18.7. The predicted octanol–water partition coefficient (Wildman–Crippen LogP) is 3.75. The van der Waals surface area contributed by atoms with Crippen molar-refractivity contribution in [2.45, 2.75) is 59.0 Å². The van der Waals surface area contributed by atoms with Gasteiger partial charge in [0.25, 0.3) is 0 Å². The highest BCUT2D eigenvalue weighted by Crippen LogP contribution is 2.43. The Hall–Kier alpha value is -2.34. The summed E-state index contributed by atoms with van der Waals surface area (Å²) in [5, 5.41) is 0. The number of nitrogens with zero attached hydrogens (tertiary/aromatic N) is 1. The van der Waals surface area contributed by atoms with E-state index in [-0.39, 0.29) is 36.5 Å². The second-order valence-corrected chi connectivity index (χ2v) is 8.38. The Kier molecular flexibility index (Phi) is 7.19. The molecule has 1 aromatic carbocycles. The Morgan fingerprint density at radius 3 is 2.67 bits per heavy atom. The van der Waals surface area contributed by atoms with Crippen molar-refractivity contribution in [2.24, 2.45) is 5.92 Å². The van der Waals surface area contributed by atoms with Gasteiger partial charge in [0.1, 0.15) is 11.3 Å². The van der Waals surface area contributed by atoms with E-state index < -0.39 is 5.97 Å². The number of ether oxygens (including phenoxy) is 3. The third-order valence-corrected chi connectivity index (χ3v) is 5.94. The first-order valence-electron chi connectivity index (χ1n) is 10.8. The number of hydrogen-bond donors (Lipinski definition) is 0. The molecule has 2 heterocycles. The van der Waals surface area contributed by atoms with Crippen LogP contribution < -0.4 is 4.74 Å². The maximum Gasteiger partial charge on any atom is 0.343 e. The number of carbonyl (C=O) groups excluding carboxylic acids is 2. The molecular weight excluding hydrogens is 382 g/mol. The molecule has 164 valence electrons. The summed E-state index contributed by atoms with van der Waals surface area (Å²) in [6.07, 6.45) is 3.72. The topological polar surface area (TPSA) is 65.1 Å². The first-order valence-corrected chi connectivity index (χ1v) is 10.8. The standard InChI is InChI=1S/C24H33NO5/c1-6-29-24(27)19-14-25-20(15(2)3)11-17-12-23(30-9-7-8-28-5)16(4)10-18(17)21(25)13-22(19)26/h10,12,14-15,20-21H,6-9,11,13H2,1-5H3. The SMILES string of the molecule is CCOC(=O)C1=CN2C(CC1=O)c1cc(C)c(OCCCOC)cc1CC2C(C)C. The van der Waals surface area contributed by atoms with Crippen LogP contribution in [-0.2, 0) is 25.5 Å². The highest BCUT2D eigenvalue weighted by Gasteiger charge is 2.41. The Bertz CT molecular complexity index is 829. The van der Waals surface area contributed by atoms with Crippen LogP contribution in [0, 0.1) is 12.8 Å². The number of aryl methyl sites for hydroxylation is 1. The van der Waals surface area contributed by atoms with Gasteiger partial charge in [-0.1, -0.05) is 19.9 Å². The normalized spacial score (nSPS) is 20.5. The molecule has 0 N–H and O–H groups in total. The van der Waals surface area contributed by atoms with Gasteiger partial charge in [-0.25, -0.2) is 4.79 Å².